The number of anilines is 1. The summed E-state index contributed by atoms with van der Waals surface area (Å²) in [5.74, 6) is 1.10. The van der Waals surface area contributed by atoms with Crippen LogP contribution in [-0.4, -0.2) is 79.9 Å². The lowest BCUT2D eigenvalue weighted by molar-refractivity contribution is -0.0181. The van der Waals surface area contributed by atoms with Gasteiger partial charge in [0.2, 0.25) is 0 Å². The smallest absolute Gasteiger partial charge is 0.128 e. The third-order valence-corrected chi connectivity index (χ3v) is 6.92. The predicted molar refractivity (Wildman–Crippen MR) is 123 cm³/mol. The average molecular weight is 429 g/mol. The fourth-order valence-corrected chi connectivity index (χ4v) is 5.11. The first kappa shape index (κ1) is 21.6. The van der Waals surface area contributed by atoms with E-state index in [1.54, 1.807) is 0 Å². The van der Waals surface area contributed by atoms with Gasteiger partial charge in [0.1, 0.15) is 5.82 Å². The summed E-state index contributed by atoms with van der Waals surface area (Å²) < 4.78 is 5.53. The maximum atomic E-state index is 6.10. The molecule has 0 unspecified atom stereocenters. The molecule has 2 atom stereocenters. The molecule has 0 aliphatic carbocycles. The van der Waals surface area contributed by atoms with Gasteiger partial charge >= 0.3 is 0 Å². The largest absolute Gasteiger partial charge is 0.383 e. The Morgan fingerprint density at radius 1 is 1.03 bits per heavy atom. The summed E-state index contributed by atoms with van der Waals surface area (Å²) in [6.07, 6.45) is 5.30. The third-order valence-electron chi connectivity index (χ3n) is 6.66. The van der Waals surface area contributed by atoms with E-state index in [-0.39, 0.29) is 0 Å². The van der Waals surface area contributed by atoms with Gasteiger partial charge in [0.05, 0.1) is 6.61 Å². The van der Waals surface area contributed by atoms with Crippen molar-refractivity contribution in [2.24, 2.45) is 0 Å². The molecular formula is C24H33ClN4O. The number of ether oxygens (including phenoxy) is 1. The molecule has 3 heterocycles. The summed E-state index contributed by atoms with van der Waals surface area (Å²) in [4.78, 5) is 12.2. The van der Waals surface area contributed by atoms with Crippen LogP contribution in [0.1, 0.15) is 18.4 Å². The molecule has 162 valence electrons. The second-order valence-electron chi connectivity index (χ2n) is 8.64. The molecule has 0 N–H and O–H groups in total. The minimum absolute atomic E-state index is 0.449. The Hall–Kier alpha value is -1.66. The molecule has 4 rings (SSSR count). The van der Waals surface area contributed by atoms with Crippen LogP contribution in [0.5, 0.6) is 0 Å². The number of halogens is 1. The van der Waals surface area contributed by atoms with Crippen LogP contribution in [0.3, 0.4) is 0 Å². The fraction of sp³-hybridized carbons (Fsp3) is 0.542. The van der Waals surface area contributed by atoms with Crippen molar-refractivity contribution >= 4 is 17.4 Å². The van der Waals surface area contributed by atoms with E-state index in [9.17, 15) is 0 Å². The van der Waals surface area contributed by atoms with Crippen molar-refractivity contribution in [3.8, 4) is 0 Å². The van der Waals surface area contributed by atoms with Crippen molar-refractivity contribution < 1.29 is 4.74 Å². The SMILES string of the molecule is COC[C@H]1CN(C2CCN(c3ccccn3)CC2)[C@@H](Cc2ccc(Cl)cc2)CN1C. The number of likely N-dealkylation sites (N-methyl/N-ethyl adjacent to an activating group) is 1. The molecule has 0 bridgehead atoms. The second kappa shape index (κ2) is 10.1. The molecule has 6 heteroatoms. The standard InChI is InChI=1S/C24H33ClN4O/c1-27-16-22(15-19-6-8-20(25)9-7-19)29(17-23(27)18-30-2)21-10-13-28(14-11-21)24-5-3-4-12-26-24/h3-9,12,21-23H,10-11,13-18H2,1-2H3/t22-,23+/m0/s1. The van der Waals surface area contributed by atoms with Gasteiger partial charge in [0.15, 0.2) is 0 Å². The maximum absolute atomic E-state index is 6.10. The van der Waals surface area contributed by atoms with E-state index in [1.807, 2.05) is 31.5 Å². The Morgan fingerprint density at radius 3 is 2.47 bits per heavy atom. The molecule has 1 aromatic carbocycles. The first-order valence-electron chi connectivity index (χ1n) is 11.0. The van der Waals surface area contributed by atoms with Gasteiger partial charge < -0.3 is 9.64 Å². The van der Waals surface area contributed by atoms with Crippen LogP contribution in [0, 0.1) is 0 Å². The van der Waals surface area contributed by atoms with Crippen LogP contribution in [0.2, 0.25) is 5.02 Å². The van der Waals surface area contributed by atoms with Gasteiger partial charge in [-0.15, -0.1) is 0 Å². The monoisotopic (exact) mass is 428 g/mol. The molecule has 0 saturated carbocycles. The quantitative estimate of drug-likeness (QED) is 0.702. The molecule has 2 aromatic rings. The highest BCUT2D eigenvalue weighted by molar-refractivity contribution is 6.30. The van der Waals surface area contributed by atoms with E-state index >= 15 is 0 Å². The molecule has 2 aliphatic heterocycles. The van der Waals surface area contributed by atoms with Crippen LogP contribution in [0.25, 0.3) is 0 Å². The van der Waals surface area contributed by atoms with Crippen molar-refractivity contribution in [3.05, 3.63) is 59.2 Å². The van der Waals surface area contributed by atoms with Gasteiger partial charge in [-0.05, 0) is 56.1 Å². The number of nitrogens with zero attached hydrogens (tertiary/aromatic N) is 4. The zero-order valence-corrected chi connectivity index (χ0v) is 18.8. The van der Waals surface area contributed by atoms with E-state index in [2.05, 4.69) is 51.0 Å². The van der Waals surface area contributed by atoms with Gasteiger partial charge in [-0.3, -0.25) is 9.80 Å². The molecule has 0 radical (unpaired) electrons. The van der Waals surface area contributed by atoms with Crippen LogP contribution < -0.4 is 4.90 Å². The molecule has 2 aliphatic rings. The molecule has 1 aromatic heterocycles. The minimum atomic E-state index is 0.449. The van der Waals surface area contributed by atoms with Crippen molar-refractivity contribution in [2.45, 2.75) is 37.4 Å². The molecule has 0 amide bonds. The highest BCUT2D eigenvalue weighted by atomic mass is 35.5. The van der Waals surface area contributed by atoms with Gasteiger partial charge in [0, 0.05) is 62.6 Å². The van der Waals surface area contributed by atoms with E-state index < -0.39 is 0 Å². The van der Waals surface area contributed by atoms with Gasteiger partial charge in [-0.2, -0.15) is 0 Å². The topological polar surface area (TPSA) is 31.8 Å². The van der Waals surface area contributed by atoms with E-state index in [0.717, 1.165) is 50.0 Å². The lowest BCUT2D eigenvalue weighted by Gasteiger charge is -2.50. The Morgan fingerprint density at radius 2 is 1.80 bits per heavy atom. The second-order valence-corrected chi connectivity index (χ2v) is 9.07. The minimum Gasteiger partial charge on any atom is -0.383 e. The number of methoxy groups -OCH3 is 1. The highest BCUT2D eigenvalue weighted by Gasteiger charge is 2.37. The Bertz CT molecular complexity index is 780. The lowest BCUT2D eigenvalue weighted by atomic mass is 9.94. The van der Waals surface area contributed by atoms with Gasteiger partial charge in [0.25, 0.3) is 0 Å². The lowest BCUT2D eigenvalue weighted by Crippen LogP contribution is -2.62. The first-order chi connectivity index (χ1) is 14.6. The van der Waals surface area contributed by atoms with E-state index in [4.69, 9.17) is 16.3 Å². The summed E-state index contributed by atoms with van der Waals surface area (Å²) in [5, 5.41) is 0.804. The molecule has 2 saturated heterocycles. The van der Waals surface area contributed by atoms with Crippen molar-refractivity contribution in [1.29, 1.82) is 0 Å². The van der Waals surface area contributed by atoms with Crippen LogP contribution in [0.4, 0.5) is 5.82 Å². The summed E-state index contributed by atoms with van der Waals surface area (Å²) in [7, 11) is 4.04. The summed E-state index contributed by atoms with van der Waals surface area (Å²) >= 11 is 6.10. The Balaban J connectivity index is 1.46. The molecule has 2 fully saturated rings. The van der Waals surface area contributed by atoms with Gasteiger partial charge in [-0.1, -0.05) is 29.8 Å². The fourth-order valence-electron chi connectivity index (χ4n) is 4.98. The van der Waals surface area contributed by atoms with E-state index in [0.29, 0.717) is 18.1 Å². The average Bonchev–Trinajstić information content (AvgIpc) is 2.78. The zero-order chi connectivity index (χ0) is 20.9. The number of hydrogen-bond acceptors (Lipinski definition) is 5. The predicted octanol–water partition coefficient (Wildman–Crippen LogP) is 3.58. The number of piperidine rings is 1. The first-order valence-corrected chi connectivity index (χ1v) is 11.4. The van der Waals surface area contributed by atoms with Crippen molar-refractivity contribution in [1.82, 2.24) is 14.8 Å². The molecule has 0 spiro atoms. The van der Waals surface area contributed by atoms with Crippen LogP contribution >= 0.6 is 11.6 Å². The number of hydrogen-bond donors (Lipinski definition) is 0. The summed E-state index contributed by atoms with van der Waals surface area (Å²) in [6.45, 7) is 5.05. The van der Waals surface area contributed by atoms with Crippen LogP contribution in [0.15, 0.2) is 48.7 Å². The third kappa shape index (κ3) is 5.14. The van der Waals surface area contributed by atoms with Crippen LogP contribution in [-0.2, 0) is 11.2 Å². The molecular weight excluding hydrogens is 396 g/mol. The zero-order valence-electron chi connectivity index (χ0n) is 18.1. The summed E-state index contributed by atoms with van der Waals surface area (Å²) in [5.41, 5.74) is 1.36. The Labute approximate surface area is 185 Å². The van der Waals surface area contributed by atoms with Crippen molar-refractivity contribution in [2.75, 3.05) is 51.8 Å². The normalized spacial score (nSPS) is 24.3. The van der Waals surface area contributed by atoms with E-state index in [1.165, 1.54) is 18.4 Å². The molecule has 5 nitrogen and oxygen atoms in total. The number of piperazine rings is 1. The number of rotatable bonds is 6. The number of pyridine rings is 1. The number of benzene rings is 1. The summed E-state index contributed by atoms with van der Waals surface area (Å²) in [6, 6.07) is 16.1. The highest BCUT2D eigenvalue weighted by Crippen LogP contribution is 2.27. The Kier molecular flexibility index (Phi) is 7.26. The van der Waals surface area contributed by atoms with Gasteiger partial charge in [-0.25, -0.2) is 4.98 Å². The van der Waals surface area contributed by atoms with Crippen molar-refractivity contribution in [3.63, 3.8) is 0 Å². The number of aromatic nitrogens is 1. The molecule has 30 heavy (non-hydrogen) atoms. The maximum Gasteiger partial charge on any atom is 0.128 e.